The maximum Gasteiger partial charge on any atom is 0.279 e. The normalized spacial score (nSPS) is 12.4. The van der Waals surface area contributed by atoms with Gasteiger partial charge in [-0.15, -0.1) is 0 Å². The third kappa shape index (κ3) is 3.92. The lowest BCUT2D eigenvalue weighted by atomic mass is 10.1. The van der Waals surface area contributed by atoms with E-state index in [1.807, 2.05) is 34.9 Å². The Bertz CT molecular complexity index is 1130. The van der Waals surface area contributed by atoms with Crippen molar-refractivity contribution in [3.63, 3.8) is 0 Å². The minimum atomic E-state index is -0.210. The van der Waals surface area contributed by atoms with Gasteiger partial charge in [0.25, 0.3) is 5.56 Å². The number of imidazole rings is 1. The molecule has 0 bridgehead atoms. The van der Waals surface area contributed by atoms with E-state index in [-0.39, 0.29) is 11.6 Å². The van der Waals surface area contributed by atoms with Gasteiger partial charge in [0.1, 0.15) is 5.82 Å². The highest BCUT2D eigenvalue weighted by Gasteiger charge is 2.15. The molecule has 2 aromatic carbocycles. The topological polar surface area (TPSA) is 63.6 Å². The van der Waals surface area contributed by atoms with Crippen molar-refractivity contribution in [1.82, 2.24) is 19.5 Å². The summed E-state index contributed by atoms with van der Waals surface area (Å²) in [7, 11) is 0. The van der Waals surface area contributed by atoms with Gasteiger partial charge in [-0.3, -0.25) is 4.79 Å². The molecule has 6 heteroatoms. The van der Waals surface area contributed by atoms with Crippen molar-refractivity contribution in [1.29, 1.82) is 0 Å². The highest BCUT2D eigenvalue weighted by atomic mass is 79.9. The average molecular weight is 437 g/mol. The monoisotopic (exact) mass is 436 g/mol. The Kier molecular flexibility index (Phi) is 5.39. The summed E-state index contributed by atoms with van der Waals surface area (Å²) < 4.78 is 2.99. The van der Waals surface area contributed by atoms with E-state index < -0.39 is 0 Å². The summed E-state index contributed by atoms with van der Waals surface area (Å²) in [6.45, 7) is 2.15. The number of H-pyrrole nitrogens is 1. The van der Waals surface area contributed by atoms with Crippen LogP contribution in [0.15, 0.2) is 70.2 Å². The summed E-state index contributed by atoms with van der Waals surface area (Å²) in [5, 5.41) is 0. The van der Waals surface area contributed by atoms with Gasteiger partial charge in [0.05, 0.1) is 6.33 Å². The van der Waals surface area contributed by atoms with Gasteiger partial charge < -0.3 is 9.55 Å². The van der Waals surface area contributed by atoms with E-state index in [2.05, 4.69) is 57.1 Å². The van der Waals surface area contributed by atoms with E-state index in [1.165, 1.54) is 5.56 Å². The van der Waals surface area contributed by atoms with Crippen molar-refractivity contribution in [3.8, 4) is 11.4 Å². The Morgan fingerprint density at radius 3 is 2.61 bits per heavy atom. The maximum atomic E-state index is 12.5. The molecule has 142 valence electrons. The first-order valence-electron chi connectivity index (χ1n) is 9.38. The zero-order valence-corrected chi connectivity index (χ0v) is 17.2. The van der Waals surface area contributed by atoms with Gasteiger partial charge in [0, 0.05) is 16.1 Å². The number of aromatic amines is 1. The van der Waals surface area contributed by atoms with E-state index in [0.29, 0.717) is 17.0 Å². The molecule has 1 unspecified atom stereocenters. The smallest absolute Gasteiger partial charge is 0.279 e. The van der Waals surface area contributed by atoms with Crippen LogP contribution in [0.2, 0.25) is 0 Å². The van der Waals surface area contributed by atoms with Crippen LogP contribution in [0.1, 0.15) is 31.4 Å². The molecule has 2 aromatic heterocycles. The van der Waals surface area contributed by atoms with Crippen LogP contribution in [0, 0.1) is 0 Å². The van der Waals surface area contributed by atoms with Crippen LogP contribution in [-0.2, 0) is 6.42 Å². The molecule has 4 aromatic rings. The molecule has 4 rings (SSSR count). The molecule has 0 radical (unpaired) electrons. The van der Waals surface area contributed by atoms with E-state index in [9.17, 15) is 4.79 Å². The first-order valence-corrected chi connectivity index (χ1v) is 10.2. The number of nitrogens with one attached hydrogen (secondary N) is 1. The number of aryl methyl sites for hydroxylation is 1. The lowest BCUT2D eigenvalue weighted by molar-refractivity contribution is 0.497. The lowest BCUT2D eigenvalue weighted by Crippen LogP contribution is -2.12. The fraction of sp³-hybridized carbons (Fsp3) is 0.227. The van der Waals surface area contributed by atoms with Crippen LogP contribution in [0.25, 0.3) is 22.6 Å². The number of hydrogen-bond acceptors (Lipinski definition) is 3. The molecule has 0 aliphatic heterocycles. The molecule has 0 aliphatic rings. The summed E-state index contributed by atoms with van der Waals surface area (Å²) in [6, 6.07) is 18.4. The highest BCUT2D eigenvalue weighted by Crippen LogP contribution is 2.22. The van der Waals surface area contributed by atoms with Crippen LogP contribution in [0.5, 0.6) is 0 Å². The number of aromatic nitrogens is 4. The molecular weight excluding hydrogens is 416 g/mol. The van der Waals surface area contributed by atoms with E-state index in [1.54, 1.807) is 6.33 Å². The molecule has 1 N–H and O–H groups in total. The van der Waals surface area contributed by atoms with Gasteiger partial charge in [-0.1, -0.05) is 58.4 Å². The number of fused-ring (bicyclic) bond motifs is 1. The third-order valence-electron chi connectivity index (χ3n) is 4.96. The summed E-state index contributed by atoms with van der Waals surface area (Å²) >= 11 is 3.43. The number of nitrogens with zero attached hydrogens (tertiary/aromatic N) is 3. The SMILES string of the molecule is CC(CCCc1ccccc1)n1cnc2c(=O)[nH]c(-c3ccc(Br)cc3)nc21. The zero-order valence-electron chi connectivity index (χ0n) is 15.6. The van der Waals surface area contributed by atoms with Gasteiger partial charge in [-0.05, 0) is 43.9 Å². The number of benzene rings is 2. The number of halogens is 1. The molecular formula is C22H21BrN4O. The molecule has 1 atom stereocenters. The fourth-order valence-corrected chi connectivity index (χ4v) is 3.64. The third-order valence-corrected chi connectivity index (χ3v) is 5.48. The van der Waals surface area contributed by atoms with Crippen LogP contribution < -0.4 is 5.56 Å². The molecule has 0 saturated heterocycles. The quantitative estimate of drug-likeness (QED) is 0.455. The maximum absolute atomic E-state index is 12.5. The second kappa shape index (κ2) is 8.10. The second-order valence-electron chi connectivity index (χ2n) is 6.97. The van der Waals surface area contributed by atoms with Crippen molar-refractivity contribution in [3.05, 3.63) is 81.3 Å². The van der Waals surface area contributed by atoms with Crippen molar-refractivity contribution >= 4 is 27.1 Å². The predicted molar refractivity (Wildman–Crippen MR) is 115 cm³/mol. The minimum Gasteiger partial charge on any atom is -0.312 e. The summed E-state index contributed by atoms with van der Waals surface area (Å²) in [6.07, 6.45) is 4.82. The zero-order chi connectivity index (χ0) is 19.5. The summed E-state index contributed by atoms with van der Waals surface area (Å²) in [5.41, 5.74) is 3.02. The Hall–Kier alpha value is -2.73. The summed E-state index contributed by atoms with van der Waals surface area (Å²) in [4.78, 5) is 24.4. The molecule has 5 nitrogen and oxygen atoms in total. The van der Waals surface area contributed by atoms with Crippen molar-refractivity contribution in [2.24, 2.45) is 0 Å². The standard InChI is InChI=1S/C22H21BrN4O/c1-15(6-5-9-16-7-3-2-4-8-16)27-14-24-19-21(27)25-20(26-22(19)28)17-10-12-18(23)13-11-17/h2-4,7-8,10-15H,5-6,9H2,1H3,(H,25,26,28). The molecule has 0 saturated carbocycles. The Morgan fingerprint density at radius 1 is 1.11 bits per heavy atom. The molecule has 28 heavy (non-hydrogen) atoms. The molecule has 0 fully saturated rings. The van der Waals surface area contributed by atoms with Gasteiger partial charge in [0.15, 0.2) is 11.2 Å². The molecule has 0 spiro atoms. The van der Waals surface area contributed by atoms with Gasteiger partial charge in [-0.25, -0.2) is 9.97 Å². The van der Waals surface area contributed by atoms with Gasteiger partial charge in [-0.2, -0.15) is 0 Å². The molecule has 0 aliphatic carbocycles. The second-order valence-corrected chi connectivity index (χ2v) is 7.89. The molecule has 2 heterocycles. The van der Waals surface area contributed by atoms with Gasteiger partial charge >= 0.3 is 0 Å². The molecule has 0 amide bonds. The minimum absolute atomic E-state index is 0.209. The first kappa shape index (κ1) is 18.6. The Balaban J connectivity index is 1.58. The first-order chi connectivity index (χ1) is 13.6. The van der Waals surface area contributed by atoms with Crippen LogP contribution in [0.3, 0.4) is 0 Å². The van der Waals surface area contributed by atoms with Gasteiger partial charge in [0.2, 0.25) is 0 Å². The lowest BCUT2D eigenvalue weighted by Gasteiger charge is -2.14. The Labute approximate surface area is 171 Å². The largest absolute Gasteiger partial charge is 0.312 e. The van der Waals surface area contributed by atoms with Crippen LogP contribution in [0.4, 0.5) is 0 Å². The van der Waals surface area contributed by atoms with Crippen LogP contribution >= 0.6 is 15.9 Å². The van der Waals surface area contributed by atoms with E-state index in [4.69, 9.17) is 4.98 Å². The van der Waals surface area contributed by atoms with Crippen LogP contribution in [-0.4, -0.2) is 19.5 Å². The van der Waals surface area contributed by atoms with E-state index in [0.717, 1.165) is 29.3 Å². The number of hydrogen-bond donors (Lipinski definition) is 1. The van der Waals surface area contributed by atoms with Crippen molar-refractivity contribution < 1.29 is 0 Å². The Morgan fingerprint density at radius 2 is 1.86 bits per heavy atom. The van der Waals surface area contributed by atoms with Crippen molar-refractivity contribution in [2.75, 3.05) is 0 Å². The average Bonchev–Trinajstić information content (AvgIpc) is 3.14. The predicted octanol–water partition coefficient (Wildman–Crippen LogP) is 5.13. The van der Waals surface area contributed by atoms with Crippen molar-refractivity contribution in [2.45, 2.75) is 32.2 Å². The highest BCUT2D eigenvalue weighted by molar-refractivity contribution is 9.10. The number of rotatable bonds is 6. The van der Waals surface area contributed by atoms with E-state index >= 15 is 0 Å². The summed E-state index contributed by atoms with van der Waals surface area (Å²) in [5.74, 6) is 0.559. The fourth-order valence-electron chi connectivity index (χ4n) is 3.38.